The molecule has 3 rings (SSSR count). The minimum atomic E-state index is -0.524. The van der Waals surface area contributed by atoms with Crippen LogP contribution in [0.2, 0.25) is 0 Å². The molecule has 8 nitrogen and oxygen atoms in total. The van der Waals surface area contributed by atoms with Gasteiger partial charge in [-0.05, 0) is 43.7 Å². The van der Waals surface area contributed by atoms with Gasteiger partial charge >= 0.3 is 0 Å². The summed E-state index contributed by atoms with van der Waals surface area (Å²) in [6, 6.07) is 7.79. The Bertz CT molecular complexity index is 1120. The summed E-state index contributed by atoms with van der Waals surface area (Å²) in [5.41, 5.74) is 4.25. The third-order valence-electron chi connectivity index (χ3n) is 5.04. The number of fused-ring (bicyclic) bond motifs is 1. The van der Waals surface area contributed by atoms with E-state index in [1.807, 2.05) is 24.3 Å². The molecule has 0 spiro atoms. The molecular weight excluding hydrogens is 390 g/mol. The van der Waals surface area contributed by atoms with Gasteiger partial charge in [-0.2, -0.15) is 0 Å². The number of carbonyl (C=O) groups is 1. The van der Waals surface area contributed by atoms with Gasteiger partial charge in [-0.15, -0.1) is 0 Å². The number of amides is 1. The normalized spacial score (nSPS) is 12.2. The van der Waals surface area contributed by atoms with Gasteiger partial charge in [-0.25, -0.2) is 4.98 Å². The number of rotatable bonds is 9. The minimum Gasteiger partial charge on any atom is -0.339 e. The van der Waals surface area contributed by atoms with Gasteiger partial charge in [-0.1, -0.05) is 20.8 Å². The zero-order valence-electron chi connectivity index (χ0n) is 18.3. The van der Waals surface area contributed by atoms with Crippen LogP contribution in [-0.2, 0) is 11.3 Å². The van der Waals surface area contributed by atoms with Crippen molar-refractivity contribution in [2.75, 3.05) is 11.9 Å². The highest BCUT2D eigenvalue weighted by atomic mass is 16.1. The molecule has 5 N–H and O–H groups in total. The van der Waals surface area contributed by atoms with Crippen LogP contribution in [0.1, 0.15) is 33.4 Å². The fraction of sp³-hybridized carbons (Fsp3) is 0.348. The van der Waals surface area contributed by atoms with E-state index in [2.05, 4.69) is 39.4 Å². The quantitative estimate of drug-likeness (QED) is 0.335. The highest BCUT2D eigenvalue weighted by Gasteiger charge is 2.19. The molecule has 0 saturated heterocycles. The number of nitrogens with zero attached hydrogens (tertiary/aromatic N) is 2. The van der Waals surface area contributed by atoms with Crippen LogP contribution in [-0.4, -0.2) is 38.8 Å². The predicted molar refractivity (Wildman–Crippen MR) is 125 cm³/mol. The van der Waals surface area contributed by atoms with Crippen molar-refractivity contribution in [2.24, 2.45) is 11.8 Å². The van der Waals surface area contributed by atoms with Crippen LogP contribution in [0.4, 0.5) is 5.69 Å². The molecule has 162 valence electrons. The topological polar surface area (TPSA) is 130 Å². The van der Waals surface area contributed by atoms with Gasteiger partial charge in [0.1, 0.15) is 11.4 Å². The van der Waals surface area contributed by atoms with Crippen molar-refractivity contribution in [3.63, 3.8) is 0 Å². The predicted octanol–water partition coefficient (Wildman–Crippen LogP) is 4.00. The second kappa shape index (κ2) is 9.61. The van der Waals surface area contributed by atoms with Gasteiger partial charge in [0.05, 0.1) is 17.6 Å². The number of pyridine rings is 2. The smallest absolute Gasteiger partial charge is 0.270 e. The minimum absolute atomic E-state index is 0.141. The van der Waals surface area contributed by atoms with E-state index in [0.717, 1.165) is 28.9 Å². The summed E-state index contributed by atoms with van der Waals surface area (Å²) >= 11 is 0. The Morgan fingerprint density at radius 2 is 1.94 bits per heavy atom. The second-order valence-electron chi connectivity index (χ2n) is 8.18. The highest BCUT2D eigenvalue weighted by molar-refractivity contribution is 6.45. The number of aromatic nitrogens is 3. The zero-order valence-corrected chi connectivity index (χ0v) is 18.3. The van der Waals surface area contributed by atoms with Crippen molar-refractivity contribution in [1.82, 2.24) is 20.3 Å². The van der Waals surface area contributed by atoms with Crippen LogP contribution >= 0.6 is 0 Å². The summed E-state index contributed by atoms with van der Waals surface area (Å²) in [7, 11) is 0. The Morgan fingerprint density at radius 3 is 2.65 bits per heavy atom. The third kappa shape index (κ3) is 5.61. The molecule has 0 aromatic carbocycles. The molecule has 1 unspecified atom stereocenters. The Morgan fingerprint density at radius 1 is 1.16 bits per heavy atom. The average molecular weight is 420 g/mol. The maximum atomic E-state index is 12.3. The van der Waals surface area contributed by atoms with Crippen LogP contribution in [0.5, 0.6) is 0 Å². The van der Waals surface area contributed by atoms with E-state index >= 15 is 0 Å². The third-order valence-corrected chi connectivity index (χ3v) is 5.04. The zero-order chi connectivity index (χ0) is 22.5. The number of hydrogen-bond acceptors (Lipinski definition) is 6. The van der Waals surface area contributed by atoms with E-state index < -0.39 is 11.8 Å². The standard InChI is InChI=1S/C23H29N7O/c1-13(2)10-26-11-18-7-16(5-6-27-18)20-9-17-8-19(12-28-22(17)30-20)29-23(31)21(25)14(3)15(4)24/h5-9,12-14,24-26H,10-11H2,1-4H3,(H,28,30)(H,29,31). The van der Waals surface area contributed by atoms with Gasteiger partial charge in [0.15, 0.2) is 0 Å². The lowest BCUT2D eigenvalue weighted by molar-refractivity contribution is -0.110. The summed E-state index contributed by atoms with van der Waals surface area (Å²) in [6.07, 6.45) is 3.36. The maximum absolute atomic E-state index is 12.3. The van der Waals surface area contributed by atoms with Gasteiger partial charge < -0.3 is 21.0 Å². The summed E-state index contributed by atoms with van der Waals surface area (Å²) < 4.78 is 0. The number of H-pyrrole nitrogens is 1. The van der Waals surface area contributed by atoms with Crippen molar-refractivity contribution in [3.05, 3.63) is 42.4 Å². The first-order valence-corrected chi connectivity index (χ1v) is 10.3. The Labute approximate surface area is 181 Å². The largest absolute Gasteiger partial charge is 0.339 e. The van der Waals surface area contributed by atoms with E-state index in [4.69, 9.17) is 10.8 Å². The molecule has 0 aliphatic carbocycles. The van der Waals surface area contributed by atoms with Crippen LogP contribution in [0.3, 0.4) is 0 Å². The molecule has 0 aliphatic heterocycles. The summed E-state index contributed by atoms with van der Waals surface area (Å²) in [4.78, 5) is 24.4. The molecule has 3 aromatic heterocycles. The lowest BCUT2D eigenvalue weighted by Crippen LogP contribution is -2.30. The Kier molecular flexibility index (Phi) is 6.91. The van der Waals surface area contributed by atoms with Crippen molar-refractivity contribution >= 4 is 34.1 Å². The van der Waals surface area contributed by atoms with E-state index in [9.17, 15) is 4.79 Å². The van der Waals surface area contributed by atoms with Gasteiger partial charge in [0, 0.05) is 41.0 Å². The second-order valence-corrected chi connectivity index (χ2v) is 8.18. The van der Waals surface area contributed by atoms with Crippen LogP contribution in [0, 0.1) is 22.7 Å². The maximum Gasteiger partial charge on any atom is 0.270 e. The van der Waals surface area contributed by atoms with Crippen LogP contribution < -0.4 is 10.6 Å². The lowest BCUT2D eigenvalue weighted by atomic mass is 10.0. The lowest BCUT2D eigenvalue weighted by Gasteiger charge is -2.11. The van der Waals surface area contributed by atoms with Gasteiger partial charge in [-0.3, -0.25) is 15.2 Å². The van der Waals surface area contributed by atoms with Crippen molar-refractivity contribution in [3.8, 4) is 11.3 Å². The first-order chi connectivity index (χ1) is 14.7. The van der Waals surface area contributed by atoms with E-state index in [1.54, 1.807) is 26.2 Å². The number of hydrogen-bond donors (Lipinski definition) is 5. The Balaban J connectivity index is 1.76. The average Bonchev–Trinajstić information content (AvgIpc) is 3.16. The van der Waals surface area contributed by atoms with E-state index in [0.29, 0.717) is 23.8 Å². The molecule has 3 heterocycles. The molecule has 0 saturated carbocycles. The van der Waals surface area contributed by atoms with Crippen molar-refractivity contribution < 1.29 is 4.79 Å². The summed E-state index contributed by atoms with van der Waals surface area (Å²) in [6.45, 7) is 9.25. The summed E-state index contributed by atoms with van der Waals surface area (Å²) in [5, 5.41) is 22.5. The first kappa shape index (κ1) is 22.3. The number of carbonyl (C=O) groups excluding carboxylic acids is 1. The molecule has 1 amide bonds. The molecule has 0 bridgehead atoms. The fourth-order valence-electron chi connectivity index (χ4n) is 3.08. The molecule has 3 aromatic rings. The van der Waals surface area contributed by atoms with E-state index in [1.165, 1.54) is 0 Å². The van der Waals surface area contributed by atoms with Crippen molar-refractivity contribution in [2.45, 2.75) is 34.2 Å². The first-order valence-electron chi connectivity index (χ1n) is 10.3. The van der Waals surface area contributed by atoms with E-state index in [-0.39, 0.29) is 11.4 Å². The molecule has 0 aliphatic rings. The van der Waals surface area contributed by atoms with Gasteiger partial charge in [0.2, 0.25) is 0 Å². The molecule has 8 heteroatoms. The number of nitrogens with one attached hydrogen (secondary N) is 5. The van der Waals surface area contributed by atoms with Crippen LogP contribution in [0.15, 0.2) is 36.7 Å². The molecule has 31 heavy (non-hydrogen) atoms. The summed E-state index contributed by atoms with van der Waals surface area (Å²) in [5.74, 6) is -0.464. The highest BCUT2D eigenvalue weighted by Crippen LogP contribution is 2.25. The van der Waals surface area contributed by atoms with Crippen molar-refractivity contribution in [1.29, 1.82) is 10.8 Å². The SMILES string of the molecule is CC(=N)C(C)C(=N)C(=O)Nc1cnc2[nH]c(-c3ccnc(CNCC(C)C)c3)cc2c1. The molecule has 0 radical (unpaired) electrons. The van der Waals surface area contributed by atoms with Crippen LogP contribution in [0.25, 0.3) is 22.3 Å². The number of anilines is 1. The Hall–Kier alpha value is -3.39. The monoisotopic (exact) mass is 419 g/mol. The molecular formula is C23H29N7O. The number of aromatic amines is 1. The molecule has 0 fully saturated rings. The molecule has 1 atom stereocenters. The fourth-order valence-corrected chi connectivity index (χ4v) is 3.08. The van der Waals surface area contributed by atoms with Gasteiger partial charge in [0.25, 0.3) is 5.91 Å².